The number of nitrogens with zero attached hydrogens (tertiary/aromatic N) is 3. The summed E-state index contributed by atoms with van der Waals surface area (Å²) < 4.78 is 1.86. The van der Waals surface area contributed by atoms with Gasteiger partial charge >= 0.3 is 0 Å². The molecule has 6 heteroatoms. The lowest BCUT2D eigenvalue weighted by molar-refractivity contribution is -0.116. The van der Waals surface area contributed by atoms with Crippen molar-refractivity contribution < 1.29 is 4.79 Å². The molecule has 0 atom stereocenters. The van der Waals surface area contributed by atoms with Gasteiger partial charge in [0.25, 0.3) is 0 Å². The van der Waals surface area contributed by atoms with E-state index >= 15 is 0 Å². The third kappa shape index (κ3) is 5.04. The van der Waals surface area contributed by atoms with Crippen molar-refractivity contribution in [3.05, 3.63) is 11.3 Å². The highest BCUT2D eigenvalue weighted by Gasteiger charge is 2.20. The summed E-state index contributed by atoms with van der Waals surface area (Å²) in [6, 6.07) is 0. The minimum atomic E-state index is -0.308. The maximum atomic E-state index is 11.4. The fourth-order valence-electron chi connectivity index (χ4n) is 2.48. The number of hydrogen-bond acceptors (Lipinski definition) is 4. The summed E-state index contributed by atoms with van der Waals surface area (Å²) in [6.07, 6.45) is 3.20. The van der Waals surface area contributed by atoms with Crippen LogP contribution in [0.1, 0.15) is 44.4 Å². The van der Waals surface area contributed by atoms with E-state index in [1.165, 1.54) is 0 Å². The second kappa shape index (κ2) is 8.67. The Hall–Kier alpha value is -1.56. The first kappa shape index (κ1) is 17.5. The second-order valence-corrected chi connectivity index (χ2v) is 5.43. The van der Waals surface area contributed by atoms with Gasteiger partial charge in [-0.05, 0) is 26.3 Å². The molecule has 0 bridgehead atoms. The van der Waals surface area contributed by atoms with Gasteiger partial charge in [-0.3, -0.25) is 9.48 Å². The standard InChI is InChI=1S/C15H29N5O/c1-5-7-9-20(11-14(16)21)15-13(10-17-8-6-2)12(3)18-19(15)4/h17H,5-11H2,1-4H3,(H2,16,21). The monoisotopic (exact) mass is 295 g/mol. The van der Waals surface area contributed by atoms with E-state index < -0.39 is 0 Å². The Labute approximate surface area is 127 Å². The number of aromatic nitrogens is 2. The van der Waals surface area contributed by atoms with Crippen LogP contribution in [0.5, 0.6) is 0 Å². The molecule has 0 aliphatic rings. The molecule has 0 aromatic carbocycles. The lowest BCUT2D eigenvalue weighted by Crippen LogP contribution is -2.36. The maximum absolute atomic E-state index is 11.4. The van der Waals surface area contributed by atoms with Crippen LogP contribution in [0.3, 0.4) is 0 Å². The first-order valence-corrected chi connectivity index (χ1v) is 7.77. The average molecular weight is 295 g/mol. The van der Waals surface area contributed by atoms with Crippen LogP contribution in [-0.4, -0.2) is 35.3 Å². The van der Waals surface area contributed by atoms with E-state index in [1.54, 1.807) is 0 Å². The van der Waals surface area contributed by atoms with Crippen molar-refractivity contribution in [3.8, 4) is 0 Å². The fraction of sp³-hybridized carbons (Fsp3) is 0.733. The van der Waals surface area contributed by atoms with Crippen LogP contribution in [0.2, 0.25) is 0 Å². The largest absolute Gasteiger partial charge is 0.368 e. The molecule has 0 aliphatic carbocycles. The molecule has 6 nitrogen and oxygen atoms in total. The average Bonchev–Trinajstić information content (AvgIpc) is 2.69. The number of unbranched alkanes of at least 4 members (excludes halogenated alkanes) is 1. The molecule has 0 saturated carbocycles. The van der Waals surface area contributed by atoms with Crippen molar-refractivity contribution >= 4 is 11.7 Å². The minimum absolute atomic E-state index is 0.236. The summed E-state index contributed by atoms with van der Waals surface area (Å²) in [5.74, 6) is 0.695. The van der Waals surface area contributed by atoms with Crippen LogP contribution in [0.4, 0.5) is 5.82 Å². The van der Waals surface area contributed by atoms with Crippen LogP contribution in [0.15, 0.2) is 0 Å². The van der Waals surface area contributed by atoms with Gasteiger partial charge in [-0.1, -0.05) is 20.3 Å². The molecule has 1 aromatic rings. The zero-order chi connectivity index (χ0) is 15.8. The lowest BCUT2D eigenvalue weighted by Gasteiger charge is -2.24. The van der Waals surface area contributed by atoms with Gasteiger partial charge in [-0.25, -0.2) is 0 Å². The van der Waals surface area contributed by atoms with Crippen molar-refractivity contribution in [2.45, 2.75) is 46.6 Å². The number of carbonyl (C=O) groups excluding carboxylic acids is 1. The number of primary amides is 1. The van der Waals surface area contributed by atoms with Crippen LogP contribution in [-0.2, 0) is 18.4 Å². The normalized spacial score (nSPS) is 10.9. The van der Waals surface area contributed by atoms with E-state index in [-0.39, 0.29) is 12.5 Å². The fourth-order valence-corrected chi connectivity index (χ4v) is 2.48. The molecule has 0 radical (unpaired) electrons. The highest BCUT2D eigenvalue weighted by Crippen LogP contribution is 2.23. The Balaban J connectivity index is 3.00. The molecule has 0 saturated heterocycles. The highest BCUT2D eigenvalue weighted by atomic mass is 16.1. The smallest absolute Gasteiger partial charge is 0.236 e. The molecule has 0 aliphatic heterocycles. The van der Waals surface area contributed by atoms with Gasteiger partial charge in [-0.2, -0.15) is 5.10 Å². The van der Waals surface area contributed by atoms with Crippen molar-refractivity contribution in [3.63, 3.8) is 0 Å². The Bertz CT molecular complexity index is 455. The number of anilines is 1. The second-order valence-electron chi connectivity index (χ2n) is 5.43. The van der Waals surface area contributed by atoms with Crippen molar-refractivity contribution in [2.75, 3.05) is 24.5 Å². The van der Waals surface area contributed by atoms with Crippen LogP contribution < -0.4 is 16.0 Å². The third-order valence-corrected chi connectivity index (χ3v) is 3.47. The Kier molecular flexibility index (Phi) is 7.22. The molecule has 120 valence electrons. The molecule has 0 fully saturated rings. The van der Waals surface area contributed by atoms with Gasteiger partial charge in [0.1, 0.15) is 5.82 Å². The lowest BCUT2D eigenvalue weighted by atomic mass is 10.2. The summed E-state index contributed by atoms with van der Waals surface area (Å²) in [5.41, 5.74) is 7.56. The van der Waals surface area contributed by atoms with E-state index in [4.69, 9.17) is 5.73 Å². The molecule has 0 unspecified atom stereocenters. The predicted octanol–water partition coefficient (Wildman–Crippen LogP) is 1.32. The number of nitrogens with one attached hydrogen (secondary N) is 1. The topological polar surface area (TPSA) is 76.2 Å². The van der Waals surface area contributed by atoms with Gasteiger partial charge in [0, 0.05) is 25.7 Å². The number of carbonyl (C=O) groups is 1. The summed E-state index contributed by atoms with van der Waals surface area (Å²) >= 11 is 0. The van der Waals surface area contributed by atoms with Crippen LogP contribution >= 0.6 is 0 Å². The van der Waals surface area contributed by atoms with Crippen molar-refractivity contribution in [1.29, 1.82) is 0 Å². The number of nitrogens with two attached hydrogens (primary N) is 1. The zero-order valence-corrected chi connectivity index (χ0v) is 13.8. The van der Waals surface area contributed by atoms with Gasteiger partial charge < -0.3 is 16.0 Å². The SMILES string of the molecule is CCCCN(CC(N)=O)c1c(CNCCC)c(C)nn1C. The Morgan fingerprint density at radius 2 is 2.10 bits per heavy atom. The quantitative estimate of drug-likeness (QED) is 0.638. The van der Waals surface area contributed by atoms with E-state index in [2.05, 4.69) is 29.2 Å². The number of aryl methyl sites for hydroxylation is 2. The Morgan fingerprint density at radius 3 is 2.67 bits per heavy atom. The maximum Gasteiger partial charge on any atom is 0.236 e. The van der Waals surface area contributed by atoms with Crippen LogP contribution in [0.25, 0.3) is 0 Å². The molecular weight excluding hydrogens is 266 g/mol. The van der Waals surface area contributed by atoms with Gasteiger partial charge in [0.05, 0.1) is 12.2 Å². The molecular formula is C15H29N5O. The summed E-state index contributed by atoms with van der Waals surface area (Å²) in [6.45, 7) is 9.09. The van der Waals surface area contributed by atoms with E-state index in [0.717, 1.165) is 56.0 Å². The van der Waals surface area contributed by atoms with E-state index in [0.29, 0.717) is 0 Å². The molecule has 1 heterocycles. The number of hydrogen-bond donors (Lipinski definition) is 2. The summed E-state index contributed by atoms with van der Waals surface area (Å²) in [7, 11) is 1.92. The molecule has 1 rings (SSSR count). The van der Waals surface area contributed by atoms with Crippen molar-refractivity contribution in [1.82, 2.24) is 15.1 Å². The first-order chi connectivity index (χ1) is 10.0. The third-order valence-electron chi connectivity index (χ3n) is 3.47. The Morgan fingerprint density at radius 1 is 1.38 bits per heavy atom. The van der Waals surface area contributed by atoms with Crippen LogP contribution in [0, 0.1) is 6.92 Å². The highest BCUT2D eigenvalue weighted by molar-refractivity contribution is 5.79. The van der Waals surface area contributed by atoms with Crippen molar-refractivity contribution in [2.24, 2.45) is 12.8 Å². The van der Waals surface area contributed by atoms with Gasteiger partial charge in [-0.15, -0.1) is 0 Å². The summed E-state index contributed by atoms with van der Waals surface area (Å²) in [5, 5.41) is 7.92. The molecule has 1 aromatic heterocycles. The molecule has 3 N–H and O–H groups in total. The predicted molar refractivity (Wildman–Crippen MR) is 86.3 cm³/mol. The first-order valence-electron chi connectivity index (χ1n) is 7.77. The summed E-state index contributed by atoms with van der Waals surface area (Å²) in [4.78, 5) is 13.4. The minimum Gasteiger partial charge on any atom is -0.368 e. The molecule has 1 amide bonds. The molecule has 21 heavy (non-hydrogen) atoms. The molecule has 0 spiro atoms. The van der Waals surface area contributed by atoms with Gasteiger partial charge in [0.2, 0.25) is 5.91 Å². The van der Waals surface area contributed by atoms with E-state index in [9.17, 15) is 4.79 Å². The number of amides is 1. The number of rotatable bonds is 10. The zero-order valence-electron chi connectivity index (χ0n) is 13.8. The van der Waals surface area contributed by atoms with E-state index in [1.807, 2.05) is 18.7 Å². The van der Waals surface area contributed by atoms with Gasteiger partial charge in [0.15, 0.2) is 0 Å².